The van der Waals surface area contributed by atoms with Crippen molar-refractivity contribution in [2.75, 3.05) is 32.8 Å². The second-order valence-electron chi connectivity index (χ2n) is 7.30. The molecule has 0 radical (unpaired) electrons. The van der Waals surface area contributed by atoms with Crippen molar-refractivity contribution in [3.05, 3.63) is 58.4 Å². The average Bonchev–Trinajstić information content (AvgIpc) is 3.00. The standard InChI is InChI=1S/C22H23N3O2/c1-24-20-15(9-10-25-11-13-27-14-12-25)5-4-8-18(20)19-21(24)16-6-2-3-7-17(16)22(26)23-19/h2-8H,9-14H2,1H3,(H,23,26). The summed E-state index contributed by atoms with van der Waals surface area (Å²) in [7, 11) is 2.10. The van der Waals surface area contributed by atoms with Gasteiger partial charge in [0.25, 0.3) is 5.56 Å². The van der Waals surface area contributed by atoms with Gasteiger partial charge in [-0.1, -0.05) is 36.4 Å². The molecule has 5 nitrogen and oxygen atoms in total. The Morgan fingerprint density at radius 3 is 2.52 bits per heavy atom. The molecular formula is C22H23N3O2. The summed E-state index contributed by atoms with van der Waals surface area (Å²) in [5, 5.41) is 2.87. The van der Waals surface area contributed by atoms with E-state index in [1.54, 1.807) is 0 Å². The van der Waals surface area contributed by atoms with E-state index in [4.69, 9.17) is 4.74 Å². The molecule has 0 unspecified atom stereocenters. The maximum atomic E-state index is 12.6. The van der Waals surface area contributed by atoms with Crippen LogP contribution in [0.25, 0.3) is 32.7 Å². The molecule has 2 aromatic carbocycles. The molecule has 27 heavy (non-hydrogen) atoms. The van der Waals surface area contributed by atoms with Gasteiger partial charge in [-0.05, 0) is 18.1 Å². The Morgan fingerprint density at radius 1 is 0.963 bits per heavy atom. The number of fused-ring (bicyclic) bond motifs is 5. The van der Waals surface area contributed by atoms with Crippen molar-refractivity contribution in [3.8, 4) is 0 Å². The smallest absolute Gasteiger partial charge is 0.256 e. The van der Waals surface area contributed by atoms with Crippen LogP contribution in [0.5, 0.6) is 0 Å². The number of hydrogen-bond acceptors (Lipinski definition) is 3. The van der Waals surface area contributed by atoms with Crippen molar-refractivity contribution in [3.63, 3.8) is 0 Å². The van der Waals surface area contributed by atoms with Gasteiger partial charge >= 0.3 is 0 Å². The van der Waals surface area contributed by atoms with E-state index in [0.29, 0.717) is 0 Å². The summed E-state index contributed by atoms with van der Waals surface area (Å²) in [5.41, 5.74) is 4.54. The van der Waals surface area contributed by atoms with E-state index in [9.17, 15) is 4.79 Å². The molecule has 1 aliphatic rings. The lowest BCUT2D eigenvalue weighted by molar-refractivity contribution is 0.0385. The Kier molecular flexibility index (Phi) is 3.99. The SMILES string of the molecule is Cn1c2c(CCN3CCOCC3)cccc2c2[nH]c(=O)c3ccccc3c21. The van der Waals surface area contributed by atoms with Crippen LogP contribution in [-0.4, -0.2) is 47.3 Å². The van der Waals surface area contributed by atoms with Gasteiger partial charge in [-0.3, -0.25) is 9.69 Å². The summed E-state index contributed by atoms with van der Waals surface area (Å²) in [6, 6.07) is 14.3. The van der Waals surface area contributed by atoms with Crippen molar-refractivity contribution < 1.29 is 4.74 Å². The predicted octanol–water partition coefficient (Wildman–Crippen LogP) is 3.05. The molecule has 138 valence electrons. The lowest BCUT2D eigenvalue weighted by atomic mass is 10.1. The Labute approximate surface area is 157 Å². The molecule has 5 rings (SSSR count). The molecule has 1 N–H and O–H groups in total. The fourth-order valence-electron chi connectivity index (χ4n) is 4.41. The highest BCUT2D eigenvalue weighted by Crippen LogP contribution is 2.32. The number of benzene rings is 2. The van der Waals surface area contributed by atoms with Gasteiger partial charge in [0, 0.05) is 42.8 Å². The normalized spacial score (nSPS) is 15.9. The number of aryl methyl sites for hydroxylation is 1. The van der Waals surface area contributed by atoms with Crippen LogP contribution in [0.2, 0.25) is 0 Å². The Bertz CT molecular complexity index is 1200. The molecule has 1 aliphatic heterocycles. The van der Waals surface area contributed by atoms with E-state index in [1.165, 1.54) is 11.1 Å². The van der Waals surface area contributed by atoms with Crippen molar-refractivity contribution in [2.24, 2.45) is 7.05 Å². The third kappa shape index (κ3) is 2.66. The van der Waals surface area contributed by atoms with Gasteiger partial charge in [0.05, 0.1) is 29.8 Å². The fourth-order valence-corrected chi connectivity index (χ4v) is 4.41. The van der Waals surface area contributed by atoms with Gasteiger partial charge in [-0.25, -0.2) is 0 Å². The van der Waals surface area contributed by atoms with Crippen LogP contribution in [0.15, 0.2) is 47.3 Å². The van der Waals surface area contributed by atoms with Crippen LogP contribution >= 0.6 is 0 Å². The number of pyridine rings is 1. The molecule has 0 bridgehead atoms. The van der Waals surface area contributed by atoms with E-state index in [-0.39, 0.29) is 5.56 Å². The zero-order valence-electron chi connectivity index (χ0n) is 15.5. The minimum absolute atomic E-state index is 0.0238. The largest absolute Gasteiger partial charge is 0.379 e. The lowest BCUT2D eigenvalue weighted by Crippen LogP contribution is -2.37. The Balaban J connectivity index is 1.68. The molecule has 5 heteroatoms. The minimum Gasteiger partial charge on any atom is -0.379 e. The highest BCUT2D eigenvalue weighted by Gasteiger charge is 2.17. The highest BCUT2D eigenvalue weighted by molar-refractivity contribution is 6.15. The number of nitrogens with zero attached hydrogens (tertiary/aromatic N) is 2. The summed E-state index contributed by atoms with van der Waals surface area (Å²) in [4.78, 5) is 18.2. The van der Waals surface area contributed by atoms with E-state index < -0.39 is 0 Å². The summed E-state index contributed by atoms with van der Waals surface area (Å²) >= 11 is 0. The number of morpholine rings is 1. The third-order valence-corrected chi connectivity index (χ3v) is 5.76. The van der Waals surface area contributed by atoms with Gasteiger partial charge in [0.2, 0.25) is 0 Å². The predicted molar refractivity (Wildman–Crippen MR) is 110 cm³/mol. The molecule has 3 heterocycles. The first kappa shape index (κ1) is 16.5. The van der Waals surface area contributed by atoms with Crippen molar-refractivity contribution in [1.82, 2.24) is 14.5 Å². The summed E-state index contributed by atoms with van der Waals surface area (Å²) in [5.74, 6) is 0. The number of aromatic nitrogens is 2. The van der Waals surface area contributed by atoms with Crippen molar-refractivity contribution >= 4 is 32.7 Å². The number of rotatable bonds is 3. The van der Waals surface area contributed by atoms with E-state index in [2.05, 4.69) is 39.7 Å². The number of aromatic amines is 1. The quantitative estimate of drug-likeness (QED) is 0.610. The first-order chi connectivity index (χ1) is 13.2. The minimum atomic E-state index is -0.0238. The number of H-pyrrole nitrogens is 1. The summed E-state index contributed by atoms with van der Waals surface area (Å²) < 4.78 is 7.70. The third-order valence-electron chi connectivity index (χ3n) is 5.76. The topological polar surface area (TPSA) is 50.3 Å². The zero-order valence-corrected chi connectivity index (χ0v) is 15.5. The van der Waals surface area contributed by atoms with Crippen molar-refractivity contribution in [2.45, 2.75) is 6.42 Å². The molecular weight excluding hydrogens is 338 g/mol. The molecule has 0 atom stereocenters. The molecule has 0 spiro atoms. The fraction of sp³-hybridized carbons (Fsp3) is 0.318. The van der Waals surface area contributed by atoms with Gasteiger partial charge < -0.3 is 14.3 Å². The Hall–Kier alpha value is -2.63. The van der Waals surface area contributed by atoms with Crippen LogP contribution in [0.4, 0.5) is 0 Å². The van der Waals surface area contributed by atoms with E-state index in [1.807, 2.05) is 24.3 Å². The molecule has 1 fully saturated rings. The van der Waals surface area contributed by atoms with Gasteiger partial charge in [0.15, 0.2) is 0 Å². The maximum absolute atomic E-state index is 12.6. The zero-order chi connectivity index (χ0) is 18.4. The van der Waals surface area contributed by atoms with Crippen molar-refractivity contribution in [1.29, 1.82) is 0 Å². The monoisotopic (exact) mass is 361 g/mol. The molecule has 0 saturated carbocycles. The number of hydrogen-bond donors (Lipinski definition) is 1. The first-order valence-electron chi connectivity index (χ1n) is 9.55. The van der Waals surface area contributed by atoms with E-state index >= 15 is 0 Å². The average molecular weight is 361 g/mol. The summed E-state index contributed by atoms with van der Waals surface area (Å²) in [6.07, 6.45) is 0.990. The molecule has 1 saturated heterocycles. The number of nitrogens with one attached hydrogen (secondary N) is 1. The first-order valence-corrected chi connectivity index (χ1v) is 9.55. The van der Waals surface area contributed by atoms with Gasteiger partial charge in [0.1, 0.15) is 0 Å². The number of ether oxygens (including phenoxy) is 1. The number of para-hydroxylation sites is 1. The molecule has 4 aromatic rings. The highest BCUT2D eigenvalue weighted by atomic mass is 16.5. The molecule has 0 aliphatic carbocycles. The van der Waals surface area contributed by atoms with Crippen LogP contribution in [0.1, 0.15) is 5.56 Å². The lowest BCUT2D eigenvalue weighted by Gasteiger charge is -2.26. The second-order valence-corrected chi connectivity index (χ2v) is 7.30. The van der Waals surface area contributed by atoms with Gasteiger partial charge in [-0.15, -0.1) is 0 Å². The Morgan fingerprint density at radius 2 is 1.70 bits per heavy atom. The van der Waals surface area contributed by atoms with Gasteiger partial charge in [-0.2, -0.15) is 0 Å². The van der Waals surface area contributed by atoms with Crippen LogP contribution in [-0.2, 0) is 18.2 Å². The second kappa shape index (κ2) is 6.51. The maximum Gasteiger partial charge on any atom is 0.256 e. The van der Waals surface area contributed by atoms with Crippen LogP contribution in [0.3, 0.4) is 0 Å². The summed E-state index contributed by atoms with van der Waals surface area (Å²) in [6.45, 7) is 4.68. The van der Waals surface area contributed by atoms with E-state index in [0.717, 1.165) is 66.5 Å². The van der Waals surface area contributed by atoms with Crippen LogP contribution < -0.4 is 5.56 Å². The molecule has 0 amide bonds. The van der Waals surface area contributed by atoms with Crippen LogP contribution in [0, 0.1) is 0 Å². The molecule has 2 aromatic heterocycles.